The summed E-state index contributed by atoms with van der Waals surface area (Å²) in [6.07, 6.45) is 0.868. The van der Waals surface area contributed by atoms with Gasteiger partial charge < -0.3 is 5.32 Å². The fourth-order valence-corrected chi connectivity index (χ4v) is 5.42. The van der Waals surface area contributed by atoms with Crippen molar-refractivity contribution < 1.29 is 18.1 Å². The molecule has 1 saturated heterocycles. The van der Waals surface area contributed by atoms with E-state index in [1.807, 2.05) is 0 Å². The van der Waals surface area contributed by atoms with Crippen LogP contribution in [0.3, 0.4) is 0 Å². The minimum absolute atomic E-state index is 0.0462. The number of thiophene rings is 1. The van der Waals surface area contributed by atoms with Crippen molar-refractivity contribution >= 4 is 38.6 Å². The molecule has 1 aliphatic rings. The van der Waals surface area contributed by atoms with Crippen LogP contribution in [0.25, 0.3) is 0 Å². The number of anilines is 1. The molecule has 1 amide bonds. The van der Waals surface area contributed by atoms with Crippen molar-refractivity contribution in [3.05, 3.63) is 51.9 Å². The zero-order chi connectivity index (χ0) is 18.7. The largest absolute Gasteiger partial charge is 0.326 e. The number of nitro groups is 1. The number of hydrogen-bond acceptors (Lipinski definition) is 6. The number of piperidine rings is 1. The van der Waals surface area contributed by atoms with Gasteiger partial charge in [-0.3, -0.25) is 14.9 Å². The Morgan fingerprint density at radius 2 is 1.85 bits per heavy atom. The number of carbonyl (C=O) groups is 1. The third kappa shape index (κ3) is 3.92. The summed E-state index contributed by atoms with van der Waals surface area (Å²) in [4.78, 5) is 22.5. The molecule has 3 rings (SSSR count). The first kappa shape index (κ1) is 18.5. The van der Waals surface area contributed by atoms with Gasteiger partial charge in [-0.05, 0) is 36.4 Å². The van der Waals surface area contributed by atoms with Crippen LogP contribution in [0.5, 0.6) is 0 Å². The Kier molecular flexibility index (Phi) is 5.35. The molecule has 2 aromatic rings. The first-order valence-electron chi connectivity index (χ1n) is 7.97. The van der Waals surface area contributed by atoms with E-state index in [0.29, 0.717) is 35.8 Å². The van der Waals surface area contributed by atoms with Crippen molar-refractivity contribution in [1.82, 2.24) is 4.31 Å². The number of nitrogens with one attached hydrogen (secondary N) is 1. The Morgan fingerprint density at radius 3 is 2.38 bits per heavy atom. The summed E-state index contributed by atoms with van der Waals surface area (Å²) in [6.45, 7) is 0.581. The fourth-order valence-electron chi connectivity index (χ4n) is 2.81. The van der Waals surface area contributed by atoms with Crippen LogP contribution in [0.15, 0.2) is 46.0 Å². The van der Waals surface area contributed by atoms with Gasteiger partial charge in [0.25, 0.3) is 15.7 Å². The maximum atomic E-state index is 12.5. The summed E-state index contributed by atoms with van der Waals surface area (Å²) in [5, 5.41) is 15.1. The van der Waals surface area contributed by atoms with Crippen molar-refractivity contribution in [2.45, 2.75) is 17.1 Å². The molecule has 1 aromatic carbocycles. The van der Waals surface area contributed by atoms with Crippen LogP contribution >= 0.6 is 11.3 Å². The van der Waals surface area contributed by atoms with E-state index >= 15 is 0 Å². The number of nitro benzene ring substituents is 1. The lowest BCUT2D eigenvalue weighted by Crippen LogP contribution is -2.41. The Labute approximate surface area is 154 Å². The molecular formula is C16H17N3O5S2. The van der Waals surface area contributed by atoms with Crippen molar-refractivity contribution in [2.75, 3.05) is 18.4 Å². The molecule has 0 bridgehead atoms. The number of benzene rings is 1. The lowest BCUT2D eigenvalue weighted by atomic mass is 9.97. The molecule has 0 unspecified atom stereocenters. The molecule has 138 valence electrons. The van der Waals surface area contributed by atoms with Crippen LogP contribution in [-0.4, -0.2) is 36.6 Å². The first-order valence-corrected chi connectivity index (χ1v) is 10.3. The Morgan fingerprint density at radius 1 is 1.19 bits per heavy atom. The van der Waals surface area contributed by atoms with Crippen LogP contribution in [0, 0.1) is 16.0 Å². The Hall–Kier alpha value is -2.30. The van der Waals surface area contributed by atoms with Gasteiger partial charge >= 0.3 is 0 Å². The minimum atomic E-state index is -3.48. The van der Waals surface area contributed by atoms with Crippen molar-refractivity contribution in [1.29, 1.82) is 0 Å². The zero-order valence-corrected chi connectivity index (χ0v) is 15.3. The van der Waals surface area contributed by atoms with Crippen molar-refractivity contribution in [2.24, 2.45) is 5.92 Å². The number of rotatable bonds is 5. The highest BCUT2D eigenvalue weighted by atomic mass is 32.2. The molecule has 1 aliphatic heterocycles. The average Bonchev–Trinajstić information content (AvgIpc) is 3.18. The molecule has 0 atom stereocenters. The third-order valence-electron chi connectivity index (χ3n) is 4.26. The summed E-state index contributed by atoms with van der Waals surface area (Å²) in [7, 11) is -3.48. The minimum Gasteiger partial charge on any atom is -0.326 e. The number of carbonyl (C=O) groups excluding carboxylic acids is 1. The molecule has 1 aromatic heterocycles. The van der Waals surface area contributed by atoms with Gasteiger partial charge in [-0.15, -0.1) is 11.3 Å². The predicted octanol–water partition coefficient (Wildman–Crippen LogP) is 2.70. The summed E-state index contributed by atoms with van der Waals surface area (Å²) in [6, 6.07) is 8.88. The molecule has 1 fully saturated rings. The highest BCUT2D eigenvalue weighted by Gasteiger charge is 2.32. The molecule has 0 saturated carbocycles. The summed E-state index contributed by atoms with van der Waals surface area (Å²) in [5.41, 5.74) is 0.435. The lowest BCUT2D eigenvalue weighted by molar-refractivity contribution is -0.384. The third-order valence-corrected chi connectivity index (χ3v) is 7.53. The van der Waals surface area contributed by atoms with Crippen molar-refractivity contribution in [3.8, 4) is 0 Å². The smallest absolute Gasteiger partial charge is 0.269 e. The second-order valence-electron chi connectivity index (χ2n) is 5.90. The fraction of sp³-hybridized carbons (Fsp3) is 0.312. The van der Waals surface area contributed by atoms with E-state index in [2.05, 4.69) is 5.32 Å². The van der Waals surface area contributed by atoms with Crippen LogP contribution in [0.1, 0.15) is 12.8 Å². The van der Waals surface area contributed by atoms with Gasteiger partial charge in [0.1, 0.15) is 4.21 Å². The number of amides is 1. The summed E-state index contributed by atoms with van der Waals surface area (Å²) < 4.78 is 26.7. The van der Waals surface area contributed by atoms with Crippen LogP contribution in [0.4, 0.5) is 11.4 Å². The maximum absolute atomic E-state index is 12.5. The highest BCUT2D eigenvalue weighted by molar-refractivity contribution is 7.91. The average molecular weight is 395 g/mol. The van der Waals surface area contributed by atoms with E-state index in [1.54, 1.807) is 17.5 Å². The second kappa shape index (κ2) is 7.52. The van der Waals surface area contributed by atoms with E-state index in [4.69, 9.17) is 0 Å². The molecular weight excluding hydrogens is 378 g/mol. The van der Waals surface area contributed by atoms with Gasteiger partial charge in [-0.25, -0.2) is 8.42 Å². The number of hydrogen-bond donors (Lipinski definition) is 1. The van der Waals surface area contributed by atoms with Gasteiger partial charge in [-0.2, -0.15) is 4.31 Å². The summed E-state index contributed by atoms with van der Waals surface area (Å²) in [5.74, 6) is -0.494. The van der Waals surface area contributed by atoms with Crippen LogP contribution in [-0.2, 0) is 14.8 Å². The quantitative estimate of drug-likeness (QED) is 0.618. The van der Waals surface area contributed by atoms with Crippen LogP contribution in [0.2, 0.25) is 0 Å². The molecule has 2 heterocycles. The molecule has 1 N–H and O–H groups in total. The normalized spacial score (nSPS) is 16.3. The molecule has 0 aliphatic carbocycles. The molecule has 10 heteroatoms. The number of sulfonamides is 1. The van der Waals surface area contributed by atoms with E-state index < -0.39 is 14.9 Å². The van der Waals surface area contributed by atoms with E-state index in [-0.39, 0.29) is 17.5 Å². The van der Waals surface area contributed by atoms with E-state index in [1.165, 1.54) is 39.9 Å². The molecule has 8 nitrogen and oxygen atoms in total. The highest BCUT2D eigenvalue weighted by Crippen LogP contribution is 2.27. The number of nitrogens with zero attached hydrogens (tertiary/aromatic N) is 2. The Bertz CT molecular complexity index is 886. The topological polar surface area (TPSA) is 110 Å². The monoisotopic (exact) mass is 395 g/mol. The standard InChI is InChI=1S/C16H17N3O5S2/c20-16(17-13-3-5-14(6-4-13)19(21)22)12-7-9-18(10-8-12)26(23,24)15-2-1-11-25-15/h1-6,11-12H,7-10H2,(H,17,20). The lowest BCUT2D eigenvalue weighted by Gasteiger charge is -2.30. The molecule has 26 heavy (non-hydrogen) atoms. The SMILES string of the molecule is O=C(Nc1ccc([N+](=O)[O-])cc1)C1CCN(S(=O)(=O)c2cccs2)CC1. The first-order chi connectivity index (χ1) is 12.4. The van der Waals surface area contributed by atoms with Crippen LogP contribution < -0.4 is 5.32 Å². The van der Waals surface area contributed by atoms with Gasteiger partial charge in [0.2, 0.25) is 5.91 Å². The number of non-ortho nitro benzene ring substituents is 1. The maximum Gasteiger partial charge on any atom is 0.269 e. The van der Waals surface area contributed by atoms with E-state index in [0.717, 1.165) is 0 Å². The van der Waals surface area contributed by atoms with E-state index in [9.17, 15) is 23.3 Å². The Balaban J connectivity index is 1.57. The van der Waals surface area contributed by atoms with Gasteiger partial charge in [-0.1, -0.05) is 6.07 Å². The molecule has 0 radical (unpaired) electrons. The predicted molar refractivity (Wildman–Crippen MR) is 97.5 cm³/mol. The molecule has 0 spiro atoms. The van der Waals surface area contributed by atoms with Crippen molar-refractivity contribution in [3.63, 3.8) is 0 Å². The van der Waals surface area contributed by atoms with Gasteiger partial charge in [0, 0.05) is 36.8 Å². The zero-order valence-electron chi connectivity index (χ0n) is 13.7. The van der Waals surface area contributed by atoms with Gasteiger partial charge in [0.15, 0.2) is 0 Å². The summed E-state index contributed by atoms with van der Waals surface area (Å²) >= 11 is 1.18. The second-order valence-corrected chi connectivity index (χ2v) is 9.02. The van der Waals surface area contributed by atoms with Gasteiger partial charge in [0.05, 0.1) is 4.92 Å².